The zero-order valence-corrected chi connectivity index (χ0v) is 13.2. The lowest BCUT2D eigenvalue weighted by molar-refractivity contribution is -0.195. The van der Waals surface area contributed by atoms with E-state index in [1.165, 1.54) is 21.6 Å². The first-order chi connectivity index (χ1) is 11.1. The molecule has 8 nitrogen and oxygen atoms in total. The maximum atomic E-state index is 11.6. The normalized spacial score (nSPS) is 13.1. The Hall–Kier alpha value is -2.42. The second kappa shape index (κ2) is 8.28. The van der Waals surface area contributed by atoms with E-state index in [9.17, 15) is 14.4 Å². The molecule has 1 aliphatic rings. The molecule has 1 aromatic rings. The fourth-order valence-electron chi connectivity index (χ4n) is 1.48. The predicted molar refractivity (Wildman–Crippen MR) is 85.3 cm³/mol. The van der Waals surface area contributed by atoms with Crippen molar-refractivity contribution >= 4 is 45.1 Å². The highest BCUT2D eigenvalue weighted by atomic mass is 33.1. The van der Waals surface area contributed by atoms with Crippen molar-refractivity contribution in [1.82, 2.24) is 5.06 Å². The zero-order chi connectivity index (χ0) is 16.7. The second-order valence-corrected chi connectivity index (χ2v) is 6.60. The van der Waals surface area contributed by atoms with E-state index in [4.69, 9.17) is 10.4 Å². The van der Waals surface area contributed by atoms with E-state index in [2.05, 4.69) is 10.0 Å². The van der Waals surface area contributed by atoms with Crippen LogP contribution in [0.15, 0.2) is 46.4 Å². The molecule has 1 heterocycles. The molecule has 10 heteroatoms. The van der Waals surface area contributed by atoms with Crippen molar-refractivity contribution in [2.24, 2.45) is 5.11 Å². The van der Waals surface area contributed by atoms with E-state index >= 15 is 0 Å². The molecule has 118 valence electrons. The lowest BCUT2D eigenvalue weighted by Gasteiger charge is -2.12. The van der Waals surface area contributed by atoms with Crippen LogP contribution in [0.3, 0.4) is 0 Å². The van der Waals surface area contributed by atoms with Gasteiger partial charge < -0.3 is 4.84 Å². The minimum Gasteiger partial charge on any atom is -0.330 e. The average molecular weight is 350 g/mol. The van der Waals surface area contributed by atoms with Crippen molar-refractivity contribution in [3.8, 4) is 0 Å². The number of amides is 2. The number of carbonyl (C=O) groups excluding carboxylic acids is 3. The number of hydrogen-bond donors (Lipinski definition) is 0. The summed E-state index contributed by atoms with van der Waals surface area (Å²) in [5, 5.41) is 3.91. The third-order valence-corrected chi connectivity index (χ3v) is 4.89. The summed E-state index contributed by atoms with van der Waals surface area (Å²) in [7, 11) is 2.87. The standard InChI is InChI=1S/C13H10N4O4S2/c14-16-15-9-1-3-10(4-2-9)23-22-8-7-13(20)21-17-11(18)5-6-12(17)19/h1-6H,7-8H2. The minimum absolute atomic E-state index is 0.0610. The molecule has 0 aliphatic carbocycles. The molecule has 23 heavy (non-hydrogen) atoms. The molecule has 0 aromatic heterocycles. The lowest BCUT2D eigenvalue weighted by atomic mass is 10.3. The second-order valence-electron chi connectivity index (χ2n) is 4.11. The number of carbonyl (C=O) groups is 3. The van der Waals surface area contributed by atoms with Gasteiger partial charge in [-0.15, -0.1) is 0 Å². The van der Waals surface area contributed by atoms with Crippen molar-refractivity contribution in [3.63, 3.8) is 0 Å². The SMILES string of the molecule is [N-]=[N+]=Nc1ccc(SSCCC(=O)ON2C(=O)C=CC2=O)cc1. The Labute approximate surface area is 138 Å². The maximum Gasteiger partial charge on any atom is 0.334 e. The molecule has 1 aliphatic heterocycles. The van der Waals surface area contributed by atoms with Gasteiger partial charge in [-0.25, -0.2) is 4.79 Å². The Balaban J connectivity index is 1.68. The third kappa shape index (κ3) is 5.06. The Kier molecular flexibility index (Phi) is 6.10. The number of imide groups is 1. The van der Waals surface area contributed by atoms with Crippen LogP contribution in [0, 0.1) is 0 Å². The van der Waals surface area contributed by atoms with Gasteiger partial charge in [-0.2, -0.15) is 0 Å². The van der Waals surface area contributed by atoms with Crippen molar-refractivity contribution in [2.45, 2.75) is 11.3 Å². The summed E-state index contributed by atoms with van der Waals surface area (Å²) >= 11 is 0. The summed E-state index contributed by atoms with van der Waals surface area (Å²) in [6, 6.07) is 6.98. The summed E-state index contributed by atoms with van der Waals surface area (Å²) in [5.74, 6) is -1.52. The molecule has 0 fully saturated rings. The molecular weight excluding hydrogens is 340 g/mol. The first kappa shape index (κ1) is 16.9. The fourth-order valence-corrected chi connectivity index (χ4v) is 3.44. The first-order valence-corrected chi connectivity index (χ1v) is 8.63. The van der Waals surface area contributed by atoms with E-state index in [1.54, 1.807) is 24.3 Å². The number of rotatable bonds is 7. The van der Waals surface area contributed by atoms with Gasteiger partial charge in [0.1, 0.15) is 0 Å². The minimum atomic E-state index is -0.662. The number of benzene rings is 1. The van der Waals surface area contributed by atoms with Gasteiger partial charge in [0.15, 0.2) is 0 Å². The molecule has 0 atom stereocenters. The summed E-state index contributed by atoms with van der Waals surface area (Å²) in [5.41, 5.74) is 8.83. The van der Waals surface area contributed by atoms with Crippen LogP contribution in [0.4, 0.5) is 5.69 Å². The molecular formula is C13H10N4O4S2. The molecule has 0 saturated heterocycles. The molecule has 2 amide bonds. The van der Waals surface area contributed by atoms with Crippen LogP contribution >= 0.6 is 21.6 Å². The highest BCUT2D eigenvalue weighted by Crippen LogP contribution is 2.32. The third-order valence-electron chi connectivity index (χ3n) is 2.50. The Bertz CT molecular complexity index is 680. The summed E-state index contributed by atoms with van der Waals surface area (Å²) in [6.45, 7) is 0. The molecule has 0 bridgehead atoms. The van der Waals surface area contributed by atoms with E-state index < -0.39 is 17.8 Å². The monoisotopic (exact) mass is 350 g/mol. The number of hydroxylamine groups is 2. The van der Waals surface area contributed by atoms with Crippen molar-refractivity contribution < 1.29 is 19.2 Å². The fraction of sp³-hybridized carbons (Fsp3) is 0.154. The molecule has 0 saturated carbocycles. The summed E-state index contributed by atoms with van der Waals surface area (Å²) in [4.78, 5) is 42.3. The average Bonchev–Trinajstić information content (AvgIpc) is 2.85. The highest BCUT2D eigenvalue weighted by Gasteiger charge is 2.27. The van der Waals surface area contributed by atoms with E-state index in [-0.39, 0.29) is 6.42 Å². The molecule has 0 radical (unpaired) electrons. The van der Waals surface area contributed by atoms with E-state index in [1.807, 2.05) is 0 Å². The van der Waals surface area contributed by atoms with Crippen LogP contribution in [0.1, 0.15) is 6.42 Å². The predicted octanol–water partition coefficient (Wildman–Crippen LogP) is 3.14. The van der Waals surface area contributed by atoms with Gasteiger partial charge in [0.2, 0.25) is 0 Å². The van der Waals surface area contributed by atoms with Crippen molar-refractivity contribution in [1.29, 1.82) is 0 Å². The number of azide groups is 1. The first-order valence-electron chi connectivity index (χ1n) is 6.31. The van der Waals surface area contributed by atoms with Gasteiger partial charge in [0.05, 0.1) is 6.42 Å². The lowest BCUT2D eigenvalue weighted by Crippen LogP contribution is -2.32. The summed E-state index contributed by atoms with van der Waals surface area (Å²) < 4.78 is 0. The summed E-state index contributed by atoms with van der Waals surface area (Å²) in [6.07, 6.45) is 2.14. The van der Waals surface area contributed by atoms with Crippen LogP contribution in [0.25, 0.3) is 10.4 Å². The maximum absolute atomic E-state index is 11.6. The molecule has 1 aromatic carbocycles. The molecule has 0 N–H and O–H groups in total. The van der Waals surface area contributed by atoms with E-state index in [0.717, 1.165) is 17.0 Å². The van der Waals surface area contributed by atoms with Crippen LogP contribution in [-0.2, 0) is 19.2 Å². The Morgan fingerprint density at radius 1 is 1.22 bits per heavy atom. The zero-order valence-electron chi connectivity index (χ0n) is 11.6. The van der Waals surface area contributed by atoms with Crippen molar-refractivity contribution in [3.05, 3.63) is 46.9 Å². The van der Waals surface area contributed by atoms with Gasteiger partial charge in [-0.05, 0) is 17.7 Å². The molecule has 0 spiro atoms. The van der Waals surface area contributed by atoms with Crippen LogP contribution in [0.5, 0.6) is 0 Å². The topological polar surface area (TPSA) is 112 Å². The van der Waals surface area contributed by atoms with Crippen molar-refractivity contribution in [2.75, 3.05) is 5.75 Å². The Morgan fingerprint density at radius 3 is 2.48 bits per heavy atom. The quantitative estimate of drug-likeness (QED) is 0.186. The van der Waals surface area contributed by atoms with E-state index in [0.29, 0.717) is 16.5 Å². The van der Waals surface area contributed by atoms with Gasteiger partial charge >= 0.3 is 5.97 Å². The van der Waals surface area contributed by atoms with Gasteiger partial charge in [-0.3, -0.25) is 9.59 Å². The molecule has 0 unspecified atom stereocenters. The van der Waals surface area contributed by atoms with Crippen LogP contribution in [-0.4, -0.2) is 28.6 Å². The van der Waals surface area contributed by atoms with Gasteiger partial charge in [0.25, 0.3) is 11.8 Å². The number of hydrogen-bond acceptors (Lipinski definition) is 7. The van der Waals surface area contributed by atoms with Crippen LogP contribution in [0.2, 0.25) is 0 Å². The van der Waals surface area contributed by atoms with Gasteiger partial charge in [0, 0.05) is 33.4 Å². The Morgan fingerprint density at radius 2 is 1.87 bits per heavy atom. The smallest absolute Gasteiger partial charge is 0.330 e. The molecule has 2 rings (SSSR count). The highest BCUT2D eigenvalue weighted by molar-refractivity contribution is 8.76. The van der Waals surface area contributed by atoms with Gasteiger partial charge in [-0.1, -0.05) is 43.9 Å². The van der Waals surface area contributed by atoms with Crippen LogP contribution < -0.4 is 0 Å². The largest absolute Gasteiger partial charge is 0.334 e. The number of nitrogens with zero attached hydrogens (tertiary/aromatic N) is 4.